The maximum Gasteiger partial charge on any atom is 0.0641 e. The Labute approximate surface area is 93.5 Å². The molecule has 0 bridgehead atoms. The first-order valence-corrected chi connectivity index (χ1v) is 4.95. The van der Waals surface area contributed by atoms with E-state index in [1.165, 1.54) is 0 Å². The molecule has 0 aliphatic carbocycles. The molecule has 0 heterocycles. The van der Waals surface area contributed by atoms with E-state index in [0.29, 0.717) is 10.7 Å². The quantitative estimate of drug-likeness (QED) is 0.723. The molecule has 2 aromatic rings. The molecule has 0 radical (unpaired) electrons. The van der Waals surface area contributed by atoms with Crippen molar-refractivity contribution in [3.8, 4) is 11.1 Å². The highest BCUT2D eigenvalue weighted by atomic mass is 35.5. The SMILES string of the molecule is Nc1ccc(-c2ccc(N)c(Cl)c2)cc1. The van der Waals surface area contributed by atoms with Crippen molar-refractivity contribution in [3.05, 3.63) is 47.5 Å². The molecule has 76 valence electrons. The van der Waals surface area contributed by atoms with Gasteiger partial charge in [0.25, 0.3) is 0 Å². The van der Waals surface area contributed by atoms with Gasteiger partial charge in [-0.15, -0.1) is 0 Å². The van der Waals surface area contributed by atoms with Crippen molar-refractivity contribution in [3.63, 3.8) is 0 Å². The highest BCUT2D eigenvalue weighted by molar-refractivity contribution is 6.33. The summed E-state index contributed by atoms with van der Waals surface area (Å²) in [5, 5.41) is 0.573. The monoisotopic (exact) mass is 218 g/mol. The predicted molar refractivity (Wildman–Crippen MR) is 65.7 cm³/mol. The van der Waals surface area contributed by atoms with E-state index in [2.05, 4.69) is 0 Å². The first kappa shape index (κ1) is 9.87. The molecule has 0 amide bonds. The Balaban J connectivity index is 2.45. The molecule has 0 saturated carbocycles. The van der Waals surface area contributed by atoms with Crippen LogP contribution in [0.15, 0.2) is 42.5 Å². The average Bonchev–Trinajstić information content (AvgIpc) is 2.23. The van der Waals surface area contributed by atoms with Gasteiger partial charge in [0.2, 0.25) is 0 Å². The van der Waals surface area contributed by atoms with Crippen molar-refractivity contribution in [2.24, 2.45) is 0 Å². The van der Waals surface area contributed by atoms with Gasteiger partial charge in [0.1, 0.15) is 0 Å². The van der Waals surface area contributed by atoms with E-state index >= 15 is 0 Å². The van der Waals surface area contributed by atoms with Crippen LogP contribution in [-0.4, -0.2) is 0 Å². The Morgan fingerprint density at radius 3 is 2.00 bits per heavy atom. The third-order valence-electron chi connectivity index (χ3n) is 2.24. The summed E-state index contributed by atoms with van der Waals surface area (Å²) in [4.78, 5) is 0. The lowest BCUT2D eigenvalue weighted by Crippen LogP contribution is -1.87. The first-order valence-electron chi connectivity index (χ1n) is 4.58. The molecule has 0 spiro atoms. The van der Waals surface area contributed by atoms with Crippen LogP contribution in [0.4, 0.5) is 11.4 Å². The summed E-state index contributed by atoms with van der Waals surface area (Å²) >= 11 is 5.95. The van der Waals surface area contributed by atoms with Gasteiger partial charge in [-0.25, -0.2) is 0 Å². The third kappa shape index (κ3) is 2.05. The van der Waals surface area contributed by atoms with Crippen LogP contribution in [0.25, 0.3) is 11.1 Å². The van der Waals surface area contributed by atoms with Crippen molar-refractivity contribution < 1.29 is 0 Å². The zero-order valence-corrected chi connectivity index (χ0v) is 8.83. The molecule has 0 aliphatic rings. The molecule has 4 N–H and O–H groups in total. The molecule has 2 rings (SSSR count). The molecule has 3 heteroatoms. The van der Waals surface area contributed by atoms with Crippen molar-refractivity contribution >= 4 is 23.0 Å². The van der Waals surface area contributed by atoms with Crippen LogP contribution in [0, 0.1) is 0 Å². The van der Waals surface area contributed by atoms with E-state index in [4.69, 9.17) is 23.1 Å². The van der Waals surface area contributed by atoms with Crippen LogP contribution >= 0.6 is 11.6 Å². The summed E-state index contributed by atoms with van der Waals surface area (Å²) in [6, 6.07) is 13.2. The predicted octanol–water partition coefficient (Wildman–Crippen LogP) is 3.17. The second kappa shape index (κ2) is 3.83. The van der Waals surface area contributed by atoms with Gasteiger partial charge in [-0.3, -0.25) is 0 Å². The maximum atomic E-state index is 5.95. The minimum Gasteiger partial charge on any atom is -0.399 e. The van der Waals surface area contributed by atoms with E-state index in [9.17, 15) is 0 Å². The normalized spacial score (nSPS) is 10.2. The molecule has 15 heavy (non-hydrogen) atoms. The van der Waals surface area contributed by atoms with Gasteiger partial charge >= 0.3 is 0 Å². The largest absolute Gasteiger partial charge is 0.399 e. The number of hydrogen-bond acceptors (Lipinski definition) is 2. The second-order valence-electron chi connectivity index (χ2n) is 3.36. The summed E-state index contributed by atoms with van der Waals surface area (Å²) in [7, 11) is 0. The number of benzene rings is 2. The number of nitrogen functional groups attached to an aromatic ring is 2. The minimum absolute atomic E-state index is 0.573. The molecular weight excluding hydrogens is 208 g/mol. The van der Waals surface area contributed by atoms with Crippen LogP contribution in [0.1, 0.15) is 0 Å². The topological polar surface area (TPSA) is 52.0 Å². The zero-order valence-electron chi connectivity index (χ0n) is 8.07. The first-order chi connectivity index (χ1) is 7.16. The highest BCUT2D eigenvalue weighted by Gasteiger charge is 2.00. The van der Waals surface area contributed by atoms with E-state index in [-0.39, 0.29) is 0 Å². The summed E-state index contributed by atoms with van der Waals surface area (Å²) in [5.41, 5.74) is 14.7. The molecule has 2 aromatic carbocycles. The maximum absolute atomic E-state index is 5.95. The number of nitrogens with two attached hydrogens (primary N) is 2. The van der Waals surface area contributed by atoms with Gasteiger partial charge in [-0.05, 0) is 35.4 Å². The van der Waals surface area contributed by atoms with Crippen LogP contribution in [0.2, 0.25) is 5.02 Å². The number of hydrogen-bond donors (Lipinski definition) is 2. The lowest BCUT2D eigenvalue weighted by atomic mass is 10.1. The van der Waals surface area contributed by atoms with E-state index in [0.717, 1.165) is 16.8 Å². The Morgan fingerprint density at radius 1 is 0.800 bits per heavy atom. The molecular formula is C12H11ClN2. The number of halogens is 1. The van der Waals surface area contributed by atoms with Crippen molar-refractivity contribution in [1.82, 2.24) is 0 Å². The Bertz CT molecular complexity index is 477. The summed E-state index contributed by atoms with van der Waals surface area (Å²) in [6.07, 6.45) is 0. The summed E-state index contributed by atoms with van der Waals surface area (Å²) < 4.78 is 0. The number of rotatable bonds is 1. The lowest BCUT2D eigenvalue weighted by molar-refractivity contribution is 1.61. The summed E-state index contributed by atoms with van der Waals surface area (Å²) in [5.74, 6) is 0. The van der Waals surface area contributed by atoms with Gasteiger partial charge in [0.05, 0.1) is 10.7 Å². The second-order valence-corrected chi connectivity index (χ2v) is 3.77. The van der Waals surface area contributed by atoms with Crippen molar-refractivity contribution in [1.29, 1.82) is 0 Å². The van der Waals surface area contributed by atoms with Crippen LogP contribution in [0.3, 0.4) is 0 Å². The van der Waals surface area contributed by atoms with Gasteiger partial charge in [0, 0.05) is 5.69 Å². The fourth-order valence-electron chi connectivity index (χ4n) is 1.38. The van der Waals surface area contributed by atoms with Crippen molar-refractivity contribution in [2.75, 3.05) is 11.5 Å². The molecule has 0 saturated heterocycles. The Morgan fingerprint density at radius 2 is 1.40 bits per heavy atom. The minimum atomic E-state index is 0.573. The zero-order chi connectivity index (χ0) is 10.8. The highest BCUT2D eigenvalue weighted by Crippen LogP contribution is 2.27. The smallest absolute Gasteiger partial charge is 0.0641 e. The van der Waals surface area contributed by atoms with Crippen molar-refractivity contribution in [2.45, 2.75) is 0 Å². The standard InChI is InChI=1S/C12H11ClN2/c13-11-7-9(3-6-12(11)15)8-1-4-10(14)5-2-8/h1-7H,14-15H2. The molecule has 0 aliphatic heterocycles. The van der Waals surface area contributed by atoms with Gasteiger partial charge in [-0.1, -0.05) is 29.8 Å². The van der Waals surface area contributed by atoms with E-state index < -0.39 is 0 Å². The van der Waals surface area contributed by atoms with Gasteiger partial charge in [-0.2, -0.15) is 0 Å². The fraction of sp³-hybridized carbons (Fsp3) is 0. The lowest BCUT2D eigenvalue weighted by Gasteiger charge is -2.04. The van der Waals surface area contributed by atoms with Crippen LogP contribution < -0.4 is 11.5 Å². The van der Waals surface area contributed by atoms with Crippen LogP contribution in [0.5, 0.6) is 0 Å². The molecule has 0 fully saturated rings. The summed E-state index contributed by atoms with van der Waals surface area (Å²) in [6.45, 7) is 0. The molecule has 2 nitrogen and oxygen atoms in total. The Kier molecular flexibility index (Phi) is 2.52. The molecule has 0 unspecified atom stereocenters. The van der Waals surface area contributed by atoms with Crippen LogP contribution in [-0.2, 0) is 0 Å². The van der Waals surface area contributed by atoms with Gasteiger partial charge in [0.15, 0.2) is 0 Å². The fourth-order valence-corrected chi connectivity index (χ4v) is 1.56. The van der Waals surface area contributed by atoms with E-state index in [1.807, 2.05) is 36.4 Å². The molecule has 0 aromatic heterocycles. The molecule has 0 atom stereocenters. The average molecular weight is 219 g/mol. The van der Waals surface area contributed by atoms with Gasteiger partial charge < -0.3 is 11.5 Å². The third-order valence-corrected chi connectivity index (χ3v) is 2.57. The number of anilines is 2. The van der Waals surface area contributed by atoms with E-state index in [1.54, 1.807) is 6.07 Å². The Hall–Kier alpha value is -1.67.